The number of aliphatic hydroxyl groups excluding tert-OH is 1. The number of aliphatic hydroxyl groups is 1. The maximum atomic E-state index is 9.64. The minimum atomic E-state index is -0.121. The average molecular weight is 185 g/mol. The van der Waals surface area contributed by atoms with E-state index in [9.17, 15) is 5.11 Å². The van der Waals surface area contributed by atoms with Crippen molar-refractivity contribution in [2.75, 3.05) is 0 Å². The molecule has 0 aromatic carbocycles. The van der Waals surface area contributed by atoms with Crippen molar-refractivity contribution in [3.05, 3.63) is 0 Å². The maximum absolute atomic E-state index is 9.64. The third-order valence-corrected chi connectivity index (χ3v) is 3.24. The van der Waals surface area contributed by atoms with E-state index in [-0.39, 0.29) is 11.5 Å². The summed E-state index contributed by atoms with van der Waals surface area (Å²) < 4.78 is 0. The number of nitrogens with one attached hydrogen (secondary N) is 1. The minimum absolute atomic E-state index is 0.121. The SMILES string of the molecule is CC(NC1CCCC1O)C(C)(C)C. The normalized spacial score (nSPS) is 32.1. The Kier molecular flexibility index (Phi) is 3.36. The molecule has 0 aromatic rings. The Morgan fingerprint density at radius 3 is 2.31 bits per heavy atom. The van der Waals surface area contributed by atoms with E-state index >= 15 is 0 Å². The molecule has 2 N–H and O–H groups in total. The Bertz CT molecular complexity index is 162. The fourth-order valence-electron chi connectivity index (χ4n) is 1.71. The van der Waals surface area contributed by atoms with Crippen molar-refractivity contribution in [1.82, 2.24) is 5.32 Å². The number of hydrogen-bond donors (Lipinski definition) is 2. The molecule has 1 aliphatic rings. The van der Waals surface area contributed by atoms with Crippen molar-refractivity contribution in [2.24, 2.45) is 5.41 Å². The molecule has 0 heterocycles. The van der Waals surface area contributed by atoms with E-state index in [2.05, 4.69) is 33.0 Å². The topological polar surface area (TPSA) is 32.3 Å². The zero-order valence-electron chi connectivity index (χ0n) is 9.30. The zero-order valence-corrected chi connectivity index (χ0v) is 9.30. The molecule has 0 spiro atoms. The zero-order chi connectivity index (χ0) is 10.1. The van der Waals surface area contributed by atoms with Crippen molar-refractivity contribution in [3.63, 3.8) is 0 Å². The molecule has 0 aromatic heterocycles. The second kappa shape index (κ2) is 3.97. The molecule has 0 aliphatic heterocycles. The van der Waals surface area contributed by atoms with Gasteiger partial charge in [0.05, 0.1) is 6.10 Å². The molecule has 1 fully saturated rings. The molecule has 0 amide bonds. The van der Waals surface area contributed by atoms with E-state index in [1.807, 2.05) is 0 Å². The van der Waals surface area contributed by atoms with Gasteiger partial charge < -0.3 is 10.4 Å². The molecule has 1 saturated carbocycles. The van der Waals surface area contributed by atoms with Crippen molar-refractivity contribution >= 4 is 0 Å². The summed E-state index contributed by atoms with van der Waals surface area (Å²) in [6.07, 6.45) is 3.14. The van der Waals surface area contributed by atoms with Crippen LogP contribution in [0.1, 0.15) is 47.0 Å². The Balaban J connectivity index is 2.40. The predicted molar refractivity (Wildman–Crippen MR) is 55.7 cm³/mol. The van der Waals surface area contributed by atoms with Crippen LogP contribution in [0.3, 0.4) is 0 Å². The van der Waals surface area contributed by atoms with Gasteiger partial charge in [-0.25, -0.2) is 0 Å². The van der Waals surface area contributed by atoms with Crippen LogP contribution < -0.4 is 5.32 Å². The van der Waals surface area contributed by atoms with Gasteiger partial charge in [0.25, 0.3) is 0 Å². The maximum Gasteiger partial charge on any atom is 0.0693 e. The first-order chi connectivity index (χ1) is 5.91. The lowest BCUT2D eigenvalue weighted by molar-refractivity contribution is 0.130. The first-order valence-corrected chi connectivity index (χ1v) is 5.35. The molecule has 0 saturated heterocycles. The van der Waals surface area contributed by atoms with E-state index in [0.29, 0.717) is 12.1 Å². The summed E-state index contributed by atoms with van der Waals surface area (Å²) in [5.74, 6) is 0. The number of rotatable bonds is 2. The van der Waals surface area contributed by atoms with Gasteiger partial charge in [0.1, 0.15) is 0 Å². The van der Waals surface area contributed by atoms with Crippen molar-refractivity contribution in [1.29, 1.82) is 0 Å². The van der Waals surface area contributed by atoms with Gasteiger partial charge in [0, 0.05) is 12.1 Å². The monoisotopic (exact) mass is 185 g/mol. The van der Waals surface area contributed by atoms with Gasteiger partial charge in [-0.1, -0.05) is 20.8 Å². The molecule has 3 unspecified atom stereocenters. The van der Waals surface area contributed by atoms with Gasteiger partial charge in [0.2, 0.25) is 0 Å². The van der Waals surface area contributed by atoms with Gasteiger partial charge in [-0.3, -0.25) is 0 Å². The van der Waals surface area contributed by atoms with Crippen molar-refractivity contribution < 1.29 is 5.11 Å². The van der Waals surface area contributed by atoms with Crippen LogP contribution in [0, 0.1) is 5.41 Å². The quantitative estimate of drug-likeness (QED) is 0.689. The van der Waals surface area contributed by atoms with Crippen LogP contribution in [0.25, 0.3) is 0 Å². The molecular weight excluding hydrogens is 162 g/mol. The summed E-state index contributed by atoms with van der Waals surface area (Å²) in [4.78, 5) is 0. The Labute approximate surface area is 81.7 Å². The second-order valence-electron chi connectivity index (χ2n) is 5.36. The third kappa shape index (κ3) is 2.96. The molecule has 1 rings (SSSR count). The number of hydrogen-bond acceptors (Lipinski definition) is 2. The van der Waals surface area contributed by atoms with Crippen molar-refractivity contribution in [2.45, 2.75) is 65.1 Å². The molecule has 13 heavy (non-hydrogen) atoms. The molecular formula is C11H23NO. The van der Waals surface area contributed by atoms with Crippen LogP contribution in [0.15, 0.2) is 0 Å². The highest BCUT2D eigenvalue weighted by Gasteiger charge is 2.29. The van der Waals surface area contributed by atoms with Crippen LogP contribution in [0.2, 0.25) is 0 Å². The largest absolute Gasteiger partial charge is 0.392 e. The molecule has 0 bridgehead atoms. The van der Waals surface area contributed by atoms with Gasteiger partial charge in [-0.2, -0.15) is 0 Å². The molecule has 2 nitrogen and oxygen atoms in total. The lowest BCUT2D eigenvalue weighted by Gasteiger charge is -2.32. The van der Waals surface area contributed by atoms with Crippen LogP contribution in [-0.4, -0.2) is 23.3 Å². The summed E-state index contributed by atoms with van der Waals surface area (Å²) in [5, 5.41) is 13.2. The standard InChI is InChI=1S/C11H23NO/c1-8(11(2,3)4)12-9-6-5-7-10(9)13/h8-10,12-13H,5-7H2,1-4H3. The summed E-state index contributed by atoms with van der Waals surface area (Å²) in [5.41, 5.74) is 0.280. The fraction of sp³-hybridized carbons (Fsp3) is 1.00. The van der Waals surface area contributed by atoms with Gasteiger partial charge in [0.15, 0.2) is 0 Å². The van der Waals surface area contributed by atoms with E-state index in [1.165, 1.54) is 0 Å². The Morgan fingerprint density at radius 2 is 1.92 bits per heavy atom. The van der Waals surface area contributed by atoms with Crippen LogP contribution in [-0.2, 0) is 0 Å². The Hall–Kier alpha value is -0.0800. The smallest absolute Gasteiger partial charge is 0.0693 e. The average Bonchev–Trinajstić information content (AvgIpc) is 2.34. The molecule has 1 aliphatic carbocycles. The highest BCUT2D eigenvalue weighted by molar-refractivity contribution is 4.87. The van der Waals surface area contributed by atoms with E-state index in [1.54, 1.807) is 0 Å². The van der Waals surface area contributed by atoms with E-state index < -0.39 is 0 Å². The molecule has 3 atom stereocenters. The first kappa shape index (κ1) is 11.0. The second-order valence-corrected chi connectivity index (χ2v) is 5.36. The Morgan fingerprint density at radius 1 is 1.31 bits per heavy atom. The van der Waals surface area contributed by atoms with Crippen molar-refractivity contribution in [3.8, 4) is 0 Å². The van der Waals surface area contributed by atoms with Crippen LogP contribution in [0.5, 0.6) is 0 Å². The van der Waals surface area contributed by atoms with Gasteiger partial charge in [-0.15, -0.1) is 0 Å². The molecule has 0 radical (unpaired) electrons. The van der Waals surface area contributed by atoms with Gasteiger partial charge in [-0.05, 0) is 31.6 Å². The molecule has 78 valence electrons. The van der Waals surface area contributed by atoms with Crippen LogP contribution >= 0.6 is 0 Å². The van der Waals surface area contributed by atoms with E-state index in [0.717, 1.165) is 19.3 Å². The third-order valence-electron chi connectivity index (χ3n) is 3.24. The highest BCUT2D eigenvalue weighted by atomic mass is 16.3. The minimum Gasteiger partial charge on any atom is -0.392 e. The molecule has 2 heteroatoms. The summed E-state index contributed by atoms with van der Waals surface area (Å²) in [6.45, 7) is 8.88. The lowest BCUT2D eigenvalue weighted by Crippen LogP contribution is -2.46. The van der Waals surface area contributed by atoms with Gasteiger partial charge >= 0.3 is 0 Å². The fourth-order valence-corrected chi connectivity index (χ4v) is 1.71. The first-order valence-electron chi connectivity index (χ1n) is 5.35. The van der Waals surface area contributed by atoms with E-state index in [4.69, 9.17) is 0 Å². The lowest BCUT2D eigenvalue weighted by atomic mass is 9.87. The summed E-state index contributed by atoms with van der Waals surface area (Å²) >= 11 is 0. The predicted octanol–water partition coefficient (Wildman–Crippen LogP) is 1.92. The van der Waals surface area contributed by atoms with Crippen LogP contribution in [0.4, 0.5) is 0 Å². The summed E-state index contributed by atoms with van der Waals surface area (Å²) in [7, 11) is 0. The summed E-state index contributed by atoms with van der Waals surface area (Å²) in [6, 6.07) is 0.791. The highest BCUT2D eigenvalue weighted by Crippen LogP contribution is 2.24.